The fourth-order valence-corrected chi connectivity index (χ4v) is 3.95. The molecule has 10 nitrogen and oxygen atoms in total. The molecule has 11 heteroatoms. The second-order valence-corrected chi connectivity index (χ2v) is 9.57. The number of carbonyl (C=O) groups is 3. The zero-order valence-corrected chi connectivity index (χ0v) is 18.1. The first-order chi connectivity index (χ1) is 14.0. The van der Waals surface area contributed by atoms with Crippen LogP contribution in [0.5, 0.6) is 0 Å². The number of sulfonamides is 1. The van der Waals surface area contributed by atoms with Gasteiger partial charge < -0.3 is 20.1 Å². The van der Waals surface area contributed by atoms with Crippen LogP contribution in [0.25, 0.3) is 0 Å². The molecule has 1 aliphatic rings. The van der Waals surface area contributed by atoms with Crippen molar-refractivity contribution in [2.45, 2.75) is 37.7 Å². The number of nitrogens with one attached hydrogen (secondary N) is 2. The van der Waals surface area contributed by atoms with Crippen LogP contribution in [0, 0.1) is 0 Å². The lowest BCUT2D eigenvalue weighted by Crippen LogP contribution is -2.49. The van der Waals surface area contributed by atoms with E-state index in [1.807, 2.05) is 0 Å². The van der Waals surface area contributed by atoms with Gasteiger partial charge in [-0.05, 0) is 51.5 Å². The van der Waals surface area contributed by atoms with E-state index in [1.54, 1.807) is 20.8 Å². The number of piperazine rings is 1. The molecule has 0 aromatic heterocycles. The average molecular weight is 442 g/mol. The Morgan fingerprint density at radius 1 is 1.20 bits per heavy atom. The molecule has 30 heavy (non-hydrogen) atoms. The highest BCUT2D eigenvalue weighted by Gasteiger charge is 2.29. The molecule has 0 atom stereocenters. The molecule has 0 saturated carbocycles. The van der Waals surface area contributed by atoms with Crippen LogP contribution >= 0.6 is 0 Å². The molecule has 1 aromatic carbocycles. The van der Waals surface area contributed by atoms with Crippen molar-refractivity contribution in [1.29, 1.82) is 0 Å². The van der Waals surface area contributed by atoms with Gasteiger partial charge in [0.1, 0.15) is 5.60 Å². The number of carbonyl (C=O) groups excluding carboxylic acids is 3. The maximum absolute atomic E-state index is 12.6. The van der Waals surface area contributed by atoms with E-state index in [0.29, 0.717) is 6.42 Å². The van der Waals surface area contributed by atoms with Crippen molar-refractivity contribution in [2.24, 2.45) is 0 Å². The predicted octanol–water partition coefficient (Wildman–Crippen LogP) is 0.879. The number of benzene rings is 1. The number of hydrogen-bond acceptors (Lipinski definition) is 7. The largest absolute Gasteiger partial charge is 0.462 e. The molecule has 2 N–H and O–H groups in total. The van der Waals surface area contributed by atoms with Gasteiger partial charge in [-0.3, -0.25) is 4.79 Å². The Hall–Kier alpha value is -2.66. The smallest absolute Gasteiger partial charge is 0.407 e. The van der Waals surface area contributed by atoms with Crippen LogP contribution in [0.2, 0.25) is 0 Å². The summed E-state index contributed by atoms with van der Waals surface area (Å²) in [7, 11) is -3.81. The summed E-state index contributed by atoms with van der Waals surface area (Å²) < 4.78 is 36.5. The lowest BCUT2D eigenvalue weighted by atomic mass is 10.2. The van der Waals surface area contributed by atoms with Gasteiger partial charge in [-0.25, -0.2) is 18.0 Å². The van der Waals surface area contributed by atoms with E-state index in [2.05, 4.69) is 10.6 Å². The number of hydrogen-bond donors (Lipinski definition) is 2. The van der Waals surface area contributed by atoms with E-state index in [4.69, 9.17) is 9.47 Å². The fraction of sp³-hybridized carbons (Fsp3) is 0.526. The quantitative estimate of drug-likeness (QED) is 0.474. The van der Waals surface area contributed by atoms with Crippen LogP contribution in [0.15, 0.2) is 29.2 Å². The maximum atomic E-state index is 12.6. The van der Waals surface area contributed by atoms with Gasteiger partial charge in [-0.1, -0.05) is 0 Å². The minimum Gasteiger partial charge on any atom is -0.462 e. The molecule has 0 bridgehead atoms. The highest BCUT2D eigenvalue weighted by molar-refractivity contribution is 7.89. The number of esters is 1. The topological polar surface area (TPSA) is 131 Å². The lowest BCUT2D eigenvalue weighted by Gasteiger charge is -2.25. The van der Waals surface area contributed by atoms with E-state index in [-0.39, 0.29) is 49.2 Å². The van der Waals surface area contributed by atoms with Crippen LogP contribution in [0.3, 0.4) is 0 Å². The zero-order chi connectivity index (χ0) is 22.4. The first-order valence-corrected chi connectivity index (χ1v) is 10.9. The SMILES string of the molecule is CC(C)(C)OC(=O)NCCCOC(=O)c1ccc(S(=O)(=O)N2CCNC(=O)C2)cc1. The molecule has 1 heterocycles. The summed E-state index contributed by atoms with van der Waals surface area (Å²) in [6.07, 6.45) is -0.147. The molecule has 1 aliphatic heterocycles. The van der Waals surface area contributed by atoms with E-state index >= 15 is 0 Å². The molecule has 0 radical (unpaired) electrons. The summed E-state index contributed by atoms with van der Waals surface area (Å²) in [6.45, 7) is 5.85. The van der Waals surface area contributed by atoms with Crippen molar-refractivity contribution in [1.82, 2.24) is 14.9 Å². The van der Waals surface area contributed by atoms with Crippen molar-refractivity contribution in [3.63, 3.8) is 0 Å². The number of rotatable bonds is 7. The highest BCUT2D eigenvalue weighted by Crippen LogP contribution is 2.17. The Bertz CT molecular complexity index is 876. The second-order valence-electron chi connectivity index (χ2n) is 7.63. The third-order valence-electron chi connectivity index (χ3n) is 3.95. The molecule has 1 saturated heterocycles. The molecule has 2 rings (SSSR count). The van der Waals surface area contributed by atoms with E-state index in [1.165, 1.54) is 24.3 Å². The normalized spacial score (nSPS) is 15.2. The molecule has 166 valence electrons. The Labute approximate surface area is 176 Å². The molecule has 0 aliphatic carbocycles. The molecule has 1 fully saturated rings. The lowest BCUT2D eigenvalue weighted by molar-refractivity contribution is -0.122. The number of amides is 2. The zero-order valence-electron chi connectivity index (χ0n) is 17.3. The van der Waals surface area contributed by atoms with Crippen molar-refractivity contribution in [3.8, 4) is 0 Å². The Morgan fingerprint density at radius 3 is 2.47 bits per heavy atom. The maximum Gasteiger partial charge on any atom is 0.407 e. The summed E-state index contributed by atoms with van der Waals surface area (Å²) in [6, 6.07) is 5.33. The summed E-state index contributed by atoms with van der Waals surface area (Å²) in [5.41, 5.74) is -0.387. The standard InChI is InChI=1S/C19H27N3O7S/c1-19(2,3)29-18(25)21-9-4-12-28-17(24)14-5-7-15(8-6-14)30(26,27)22-11-10-20-16(23)13-22/h5-8H,4,9-13H2,1-3H3,(H,20,23)(H,21,25). The van der Waals surface area contributed by atoms with Gasteiger partial charge >= 0.3 is 12.1 Å². The van der Waals surface area contributed by atoms with Crippen molar-refractivity contribution < 1.29 is 32.3 Å². The minimum atomic E-state index is -3.81. The number of ether oxygens (including phenoxy) is 2. The van der Waals surface area contributed by atoms with E-state index in [0.717, 1.165) is 4.31 Å². The summed E-state index contributed by atoms with van der Waals surface area (Å²) in [4.78, 5) is 35.0. The van der Waals surface area contributed by atoms with E-state index < -0.39 is 27.7 Å². The fourth-order valence-electron chi connectivity index (χ4n) is 2.56. The van der Waals surface area contributed by atoms with E-state index in [9.17, 15) is 22.8 Å². The summed E-state index contributed by atoms with van der Waals surface area (Å²) in [5.74, 6) is -0.959. The molecule has 1 aromatic rings. The van der Waals surface area contributed by atoms with Crippen LogP contribution in [-0.2, 0) is 24.3 Å². The highest BCUT2D eigenvalue weighted by atomic mass is 32.2. The Balaban J connectivity index is 1.81. The molecular weight excluding hydrogens is 414 g/mol. The minimum absolute atomic E-state index is 0.00434. The van der Waals surface area contributed by atoms with Crippen molar-refractivity contribution >= 4 is 28.0 Å². The average Bonchev–Trinajstić information content (AvgIpc) is 2.66. The van der Waals surface area contributed by atoms with Crippen molar-refractivity contribution in [3.05, 3.63) is 29.8 Å². The summed E-state index contributed by atoms with van der Waals surface area (Å²) >= 11 is 0. The van der Waals surface area contributed by atoms with Crippen molar-refractivity contribution in [2.75, 3.05) is 32.8 Å². The van der Waals surface area contributed by atoms with Crippen LogP contribution in [0.1, 0.15) is 37.6 Å². The molecule has 0 spiro atoms. The van der Waals surface area contributed by atoms with Gasteiger partial charge in [-0.15, -0.1) is 0 Å². The predicted molar refractivity (Wildman–Crippen MR) is 107 cm³/mol. The van der Waals surface area contributed by atoms with Crippen LogP contribution < -0.4 is 10.6 Å². The Kier molecular flexibility index (Phi) is 7.79. The first-order valence-electron chi connectivity index (χ1n) is 9.50. The van der Waals surface area contributed by atoms with Crippen LogP contribution in [-0.4, -0.2) is 69.1 Å². The molecular formula is C19H27N3O7S. The van der Waals surface area contributed by atoms with Gasteiger partial charge in [0, 0.05) is 19.6 Å². The van der Waals surface area contributed by atoms with Gasteiger partial charge in [0.25, 0.3) is 0 Å². The number of alkyl carbamates (subject to hydrolysis) is 1. The molecule has 2 amide bonds. The van der Waals surface area contributed by atoms with Gasteiger partial charge in [0.05, 0.1) is 23.6 Å². The van der Waals surface area contributed by atoms with Gasteiger partial charge in [0.2, 0.25) is 15.9 Å². The monoisotopic (exact) mass is 441 g/mol. The third-order valence-corrected chi connectivity index (χ3v) is 5.81. The Morgan fingerprint density at radius 2 is 1.87 bits per heavy atom. The van der Waals surface area contributed by atoms with Crippen LogP contribution in [0.4, 0.5) is 4.79 Å². The second kappa shape index (κ2) is 9.90. The first kappa shape index (κ1) is 23.6. The van der Waals surface area contributed by atoms with Gasteiger partial charge in [-0.2, -0.15) is 4.31 Å². The summed E-state index contributed by atoms with van der Waals surface area (Å²) in [5, 5.41) is 5.13. The number of nitrogens with zero attached hydrogens (tertiary/aromatic N) is 1. The van der Waals surface area contributed by atoms with Gasteiger partial charge in [0.15, 0.2) is 0 Å². The molecule has 0 unspecified atom stereocenters. The third kappa shape index (κ3) is 6.99.